The molecule has 1 saturated heterocycles. The van der Waals surface area contributed by atoms with Gasteiger partial charge < -0.3 is 10.0 Å². The highest BCUT2D eigenvalue weighted by Crippen LogP contribution is 2.42. The van der Waals surface area contributed by atoms with Crippen LogP contribution in [0.4, 0.5) is 0 Å². The molecular formula is C28H34N2O3. The lowest BCUT2D eigenvalue weighted by atomic mass is 9.84. The summed E-state index contributed by atoms with van der Waals surface area (Å²) in [5.41, 5.74) is 4.77. The van der Waals surface area contributed by atoms with Crippen molar-refractivity contribution in [1.29, 1.82) is 0 Å². The predicted molar refractivity (Wildman–Crippen MR) is 127 cm³/mol. The topological polar surface area (TPSA) is 70.5 Å². The third kappa shape index (κ3) is 4.68. The number of hydrogen-bond donors (Lipinski definition) is 1. The van der Waals surface area contributed by atoms with Gasteiger partial charge in [-0.2, -0.15) is 0 Å². The summed E-state index contributed by atoms with van der Waals surface area (Å²) in [6, 6.07) is 14.0. The maximum absolute atomic E-state index is 13.3. The number of carbonyl (C=O) groups is 2. The van der Waals surface area contributed by atoms with Crippen LogP contribution in [0.2, 0.25) is 0 Å². The Kier molecular flexibility index (Phi) is 6.48. The van der Waals surface area contributed by atoms with Crippen molar-refractivity contribution in [2.45, 2.75) is 69.6 Å². The SMILES string of the molecule is O=C(O)[C@@H](c1ccccc1)C1CC[C@@H](C(=O)N2CCC(c3ccc4c(n3)CCCC4)CC2)C1. The molecule has 0 bridgehead atoms. The van der Waals surface area contributed by atoms with Crippen molar-refractivity contribution >= 4 is 11.9 Å². The van der Waals surface area contributed by atoms with Crippen LogP contribution in [0.15, 0.2) is 42.5 Å². The van der Waals surface area contributed by atoms with Crippen LogP contribution in [0.3, 0.4) is 0 Å². The van der Waals surface area contributed by atoms with Crippen LogP contribution in [0.25, 0.3) is 0 Å². The molecule has 174 valence electrons. The summed E-state index contributed by atoms with van der Waals surface area (Å²) in [6.07, 6.45) is 8.99. The van der Waals surface area contributed by atoms with Gasteiger partial charge in [-0.15, -0.1) is 0 Å². The van der Waals surface area contributed by atoms with E-state index in [1.54, 1.807) is 0 Å². The van der Waals surface area contributed by atoms with Crippen molar-refractivity contribution < 1.29 is 14.7 Å². The fourth-order valence-corrected chi connectivity index (χ4v) is 6.30. The Hall–Kier alpha value is -2.69. The van der Waals surface area contributed by atoms with Crippen LogP contribution in [0, 0.1) is 11.8 Å². The van der Waals surface area contributed by atoms with Gasteiger partial charge in [0.25, 0.3) is 0 Å². The van der Waals surface area contributed by atoms with E-state index < -0.39 is 11.9 Å². The van der Waals surface area contributed by atoms with E-state index in [4.69, 9.17) is 4.98 Å². The highest BCUT2D eigenvalue weighted by Gasteiger charge is 2.40. The molecule has 2 aromatic rings. The normalized spacial score (nSPS) is 24.3. The number of carboxylic acid groups (broad SMARTS) is 1. The number of likely N-dealkylation sites (tertiary alicyclic amines) is 1. The van der Waals surface area contributed by atoms with Crippen molar-refractivity contribution in [2.24, 2.45) is 11.8 Å². The van der Waals surface area contributed by atoms with Crippen molar-refractivity contribution in [1.82, 2.24) is 9.88 Å². The van der Waals surface area contributed by atoms with Crippen LogP contribution >= 0.6 is 0 Å². The van der Waals surface area contributed by atoms with E-state index in [0.717, 1.165) is 57.2 Å². The van der Waals surface area contributed by atoms with Gasteiger partial charge in [0.05, 0.1) is 5.92 Å². The number of rotatable bonds is 5. The second-order valence-corrected chi connectivity index (χ2v) is 10.1. The van der Waals surface area contributed by atoms with Crippen LogP contribution in [0.1, 0.15) is 79.3 Å². The number of carbonyl (C=O) groups excluding carboxylic acids is 1. The van der Waals surface area contributed by atoms with E-state index in [1.165, 1.54) is 29.8 Å². The Morgan fingerprint density at radius 1 is 0.939 bits per heavy atom. The van der Waals surface area contributed by atoms with Gasteiger partial charge in [-0.3, -0.25) is 14.6 Å². The summed E-state index contributed by atoms with van der Waals surface area (Å²) in [7, 11) is 0. The fourth-order valence-electron chi connectivity index (χ4n) is 6.30. The van der Waals surface area contributed by atoms with Crippen LogP contribution in [-0.4, -0.2) is 40.0 Å². The molecule has 0 radical (unpaired) electrons. The largest absolute Gasteiger partial charge is 0.481 e. The molecule has 5 heteroatoms. The van der Waals surface area contributed by atoms with E-state index in [-0.39, 0.29) is 17.7 Å². The standard InChI is InChI=1S/C28H34N2O3/c31-27(23-11-10-22(18-23)26(28(32)33)21-7-2-1-3-8-21)30-16-14-20(15-17-30)25-13-12-19-6-4-5-9-24(19)29-25/h1-3,7-8,12-13,20,22-23,26H,4-6,9-11,14-18H2,(H,32,33)/t22?,23-,26+/m1/s1. The Balaban J connectivity index is 1.18. The first-order valence-electron chi connectivity index (χ1n) is 12.7. The number of benzene rings is 1. The highest BCUT2D eigenvalue weighted by atomic mass is 16.4. The zero-order valence-corrected chi connectivity index (χ0v) is 19.3. The molecule has 1 aromatic carbocycles. The minimum Gasteiger partial charge on any atom is -0.481 e. The quantitative estimate of drug-likeness (QED) is 0.705. The zero-order chi connectivity index (χ0) is 22.8. The first-order valence-corrected chi connectivity index (χ1v) is 12.7. The lowest BCUT2D eigenvalue weighted by Gasteiger charge is -2.34. The number of pyridine rings is 1. The molecule has 3 aliphatic rings. The predicted octanol–water partition coefficient (Wildman–Crippen LogP) is 4.95. The van der Waals surface area contributed by atoms with Gasteiger partial charge in [0, 0.05) is 36.3 Å². The molecule has 3 atom stereocenters. The molecule has 0 spiro atoms. The van der Waals surface area contributed by atoms with Gasteiger partial charge in [0.15, 0.2) is 0 Å². The van der Waals surface area contributed by atoms with Gasteiger partial charge in [-0.1, -0.05) is 36.4 Å². The molecule has 1 saturated carbocycles. The first kappa shape index (κ1) is 22.1. The monoisotopic (exact) mass is 446 g/mol. The molecule has 1 aliphatic heterocycles. The van der Waals surface area contributed by atoms with E-state index in [2.05, 4.69) is 12.1 Å². The number of amides is 1. The fraction of sp³-hybridized carbons (Fsp3) is 0.536. The summed E-state index contributed by atoms with van der Waals surface area (Å²) >= 11 is 0. The van der Waals surface area contributed by atoms with Crippen molar-refractivity contribution in [3.63, 3.8) is 0 Å². The third-order valence-electron chi connectivity index (χ3n) is 8.14. The number of aliphatic carboxylic acids is 1. The summed E-state index contributed by atoms with van der Waals surface area (Å²) in [6.45, 7) is 1.56. The lowest BCUT2D eigenvalue weighted by Crippen LogP contribution is -2.41. The van der Waals surface area contributed by atoms with Gasteiger partial charge >= 0.3 is 5.97 Å². The number of hydrogen-bond acceptors (Lipinski definition) is 3. The Morgan fingerprint density at radius 3 is 2.45 bits per heavy atom. The average molecular weight is 447 g/mol. The maximum Gasteiger partial charge on any atom is 0.311 e. The molecule has 1 aromatic heterocycles. The van der Waals surface area contributed by atoms with Gasteiger partial charge in [-0.05, 0) is 80.9 Å². The number of nitrogens with zero attached hydrogens (tertiary/aromatic N) is 2. The molecule has 33 heavy (non-hydrogen) atoms. The van der Waals surface area contributed by atoms with Crippen LogP contribution < -0.4 is 0 Å². The van der Waals surface area contributed by atoms with Crippen LogP contribution in [0.5, 0.6) is 0 Å². The molecule has 5 rings (SSSR count). The molecular weight excluding hydrogens is 412 g/mol. The lowest BCUT2D eigenvalue weighted by molar-refractivity contribution is -0.141. The van der Waals surface area contributed by atoms with Crippen molar-refractivity contribution in [3.05, 3.63) is 65.0 Å². The Bertz CT molecular complexity index is 997. The molecule has 1 unspecified atom stereocenters. The molecule has 2 aliphatic carbocycles. The van der Waals surface area contributed by atoms with E-state index in [1.807, 2.05) is 35.2 Å². The summed E-state index contributed by atoms with van der Waals surface area (Å²) < 4.78 is 0. The summed E-state index contributed by atoms with van der Waals surface area (Å²) in [5, 5.41) is 9.87. The first-order chi connectivity index (χ1) is 16.1. The van der Waals surface area contributed by atoms with Gasteiger partial charge in [-0.25, -0.2) is 0 Å². The minimum atomic E-state index is -0.780. The Labute approximate surface area is 196 Å². The summed E-state index contributed by atoms with van der Waals surface area (Å²) in [5.74, 6) is -0.656. The second kappa shape index (κ2) is 9.66. The smallest absolute Gasteiger partial charge is 0.311 e. The Morgan fingerprint density at radius 2 is 1.70 bits per heavy atom. The molecule has 2 heterocycles. The number of carboxylic acids is 1. The molecule has 5 nitrogen and oxygen atoms in total. The summed E-state index contributed by atoms with van der Waals surface area (Å²) in [4.78, 5) is 32.3. The average Bonchev–Trinajstić information content (AvgIpc) is 3.33. The highest BCUT2D eigenvalue weighted by molar-refractivity contribution is 5.80. The van der Waals surface area contributed by atoms with E-state index >= 15 is 0 Å². The van der Waals surface area contributed by atoms with Gasteiger partial charge in [0.1, 0.15) is 0 Å². The van der Waals surface area contributed by atoms with E-state index in [0.29, 0.717) is 12.3 Å². The number of aryl methyl sites for hydroxylation is 2. The van der Waals surface area contributed by atoms with Crippen molar-refractivity contribution in [2.75, 3.05) is 13.1 Å². The number of aromatic nitrogens is 1. The van der Waals surface area contributed by atoms with Crippen molar-refractivity contribution in [3.8, 4) is 0 Å². The van der Waals surface area contributed by atoms with Gasteiger partial charge in [0.2, 0.25) is 5.91 Å². The van der Waals surface area contributed by atoms with E-state index in [9.17, 15) is 14.7 Å². The minimum absolute atomic E-state index is 0.0242. The maximum atomic E-state index is 13.3. The van der Waals surface area contributed by atoms with Crippen LogP contribution in [-0.2, 0) is 22.4 Å². The molecule has 1 N–H and O–H groups in total. The molecule has 2 fully saturated rings. The molecule has 1 amide bonds. The zero-order valence-electron chi connectivity index (χ0n) is 19.3. The number of fused-ring (bicyclic) bond motifs is 1. The number of piperidine rings is 1. The second-order valence-electron chi connectivity index (χ2n) is 10.1. The third-order valence-corrected chi connectivity index (χ3v) is 8.14.